The minimum atomic E-state index is -0.785. The van der Waals surface area contributed by atoms with Gasteiger partial charge in [-0.2, -0.15) is 5.10 Å². The van der Waals surface area contributed by atoms with Gasteiger partial charge in [0.25, 0.3) is 0 Å². The highest BCUT2D eigenvalue weighted by Gasteiger charge is 2.18. The van der Waals surface area contributed by atoms with Crippen LogP contribution in [0.1, 0.15) is 13.8 Å². The maximum atomic E-state index is 11.5. The highest BCUT2D eigenvalue weighted by Crippen LogP contribution is 2.25. The van der Waals surface area contributed by atoms with Crippen molar-refractivity contribution in [3.05, 3.63) is 28.2 Å². The van der Waals surface area contributed by atoms with Crippen molar-refractivity contribution in [2.75, 3.05) is 12.0 Å². The zero-order valence-electron chi connectivity index (χ0n) is 10.4. The number of anilines is 1. The van der Waals surface area contributed by atoms with Crippen LogP contribution in [0.15, 0.2) is 23.3 Å². The molecule has 19 heavy (non-hydrogen) atoms. The van der Waals surface area contributed by atoms with E-state index >= 15 is 0 Å². The Kier molecular flexibility index (Phi) is 5.79. The van der Waals surface area contributed by atoms with Gasteiger partial charge in [0.1, 0.15) is 0 Å². The van der Waals surface area contributed by atoms with Crippen LogP contribution in [0.5, 0.6) is 0 Å². The Bertz CT molecular complexity index is 530. The molecule has 0 radical (unpaired) electrons. The van der Waals surface area contributed by atoms with Crippen LogP contribution >= 0.6 is 23.2 Å². The van der Waals surface area contributed by atoms with Gasteiger partial charge in [0.2, 0.25) is 5.71 Å². The van der Waals surface area contributed by atoms with Crippen LogP contribution in [0.2, 0.25) is 10.0 Å². The van der Waals surface area contributed by atoms with Crippen LogP contribution in [-0.4, -0.2) is 24.1 Å². The van der Waals surface area contributed by atoms with E-state index in [4.69, 9.17) is 27.9 Å². The summed E-state index contributed by atoms with van der Waals surface area (Å²) in [5, 5.41) is 4.51. The Balaban J connectivity index is 2.92. The molecule has 0 aromatic heterocycles. The molecule has 0 heterocycles. The number of hydrazone groups is 1. The second-order valence-electron chi connectivity index (χ2n) is 3.47. The first kappa shape index (κ1) is 15.5. The first-order valence-corrected chi connectivity index (χ1v) is 6.18. The third kappa shape index (κ3) is 4.54. The standard InChI is InChI=1S/C12H12Cl2N2O3/c1-3-19-12(18)11(7(2)17)16-15-10-5-4-8(13)6-9(10)14/h4-6,15H,3H2,1-2H3. The number of ether oxygens (including phenoxy) is 1. The number of carbonyl (C=O) groups excluding carboxylic acids is 2. The molecule has 0 atom stereocenters. The number of benzene rings is 1. The van der Waals surface area contributed by atoms with Gasteiger partial charge in [-0.05, 0) is 25.1 Å². The highest BCUT2D eigenvalue weighted by molar-refractivity contribution is 6.64. The molecule has 1 aromatic carbocycles. The lowest BCUT2D eigenvalue weighted by molar-refractivity contribution is -0.135. The Hall–Kier alpha value is -1.59. The maximum Gasteiger partial charge on any atom is 0.362 e. The van der Waals surface area contributed by atoms with E-state index in [1.54, 1.807) is 19.1 Å². The summed E-state index contributed by atoms with van der Waals surface area (Å²) in [6, 6.07) is 4.69. The molecule has 0 amide bonds. The summed E-state index contributed by atoms with van der Waals surface area (Å²) >= 11 is 11.7. The molecule has 1 N–H and O–H groups in total. The fourth-order valence-corrected chi connectivity index (χ4v) is 1.61. The molecular weight excluding hydrogens is 291 g/mol. The smallest absolute Gasteiger partial charge is 0.362 e. The lowest BCUT2D eigenvalue weighted by Gasteiger charge is -2.06. The molecule has 0 aliphatic carbocycles. The van der Waals surface area contributed by atoms with E-state index in [0.717, 1.165) is 0 Å². The molecule has 0 spiro atoms. The van der Waals surface area contributed by atoms with Crippen LogP contribution in [0.3, 0.4) is 0 Å². The largest absolute Gasteiger partial charge is 0.461 e. The van der Waals surface area contributed by atoms with Crippen LogP contribution in [0, 0.1) is 0 Å². The van der Waals surface area contributed by atoms with Crippen LogP contribution in [0.25, 0.3) is 0 Å². The van der Waals surface area contributed by atoms with E-state index in [9.17, 15) is 9.59 Å². The fraction of sp³-hybridized carbons (Fsp3) is 0.250. The zero-order chi connectivity index (χ0) is 14.4. The number of esters is 1. The number of rotatable bonds is 5. The molecular formula is C12H12Cl2N2O3. The van der Waals surface area contributed by atoms with E-state index in [2.05, 4.69) is 10.5 Å². The molecule has 7 heteroatoms. The minimum Gasteiger partial charge on any atom is -0.461 e. The average Bonchev–Trinajstić information content (AvgIpc) is 2.31. The van der Waals surface area contributed by atoms with Gasteiger partial charge in [-0.15, -0.1) is 0 Å². The van der Waals surface area contributed by atoms with Crippen LogP contribution in [-0.2, 0) is 14.3 Å². The molecule has 102 valence electrons. The Labute approximate surface area is 120 Å². The maximum absolute atomic E-state index is 11.5. The van der Waals surface area contributed by atoms with Crippen molar-refractivity contribution in [2.24, 2.45) is 5.10 Å². The summed E-state index contributed by atoms with van der Waals surface area (Å²) < 4.78 is 4.72. The van der Waals surface area contributed by atoms with Crippen molar-refractivity contribution in [2.45, 2.75) is 13.8 Å². The van der Waals surface area contributed by atoms with Crippen molar-refractivity contribution < 1.29 is 14.3 Å². The average molecular weight is 303 g/mol. The van der Waals surface area contributed by atoms with Crippen molar-refractivity contribution >= 4 is 46.4 Å². The normalized spacial score (nSPS) is 11.1. The van der Waals surface area contributed by atoms with Gasteiger partial charge < -0.3 is 4.74 Å². The minimum absolute atomic E-state index is 0.160. The fourth-order valence-electron chi connectivity index (χ4n) is 1.16. The predicted octanol–water partition coefficient (Wildman–Crippen LogP) is 2.91. The predicted molar refractivity (Wildman–Crippen MR) is 74.8 cm³/mol. The summed E-state index contributed by atoms with van der Waals surface area (Å²) in [6.45, 7) is 3.02. The SMILES string of the molecule is CCOC(=O)C(=NNc1ccc(Cl)cc1Cl)C(C)=O. The Morgan fingerprint density at radius 3 is 2.58 bits per heavy atom. The Morgan fingerprint density at radius 1 is 1.37 bits per heavy atom. The molecule has 0 bridgehead atoms. The van der Waals surface area contributed by atoms with Gasteiger partial charge in [0, 0.05) is 11.9 Å². The third-order valence-corrected chi connectivity index (χ3v) is 2.57. The number of Topliss-reactive ketones (excluding diaryl/α,β-unsaturated/α-hetero) is 1. The summed E-state index contributed by atoms with van der Waals surface area (Å²) in [5.74, 6) is -1.29. The van der Waals surface area contributed by atoms with Gasteiger partial charge in [-0.3, -0.25) is 10.2 Å². The number of carbonyl (C=O) groups is 2. The molecule has 1 aromatic rings. The van der Waals surface area contributed by atoms with E-state index in [1.807, 2.05) is 0 Å². The zero-order valence-corrected chi connectivity index (χ0v) is 11.9. The van der Waals surface area contributed by atoms with Crippen LogP contribution in [0.4, 0.5) is 5.69 Å². The van der Waals surface area contributed by atoms with E-state index in [0.29, 0.717) is 15.7 Å². The van der Waals surface area contributed by atoms with Gasteiger partial charge in [0.05, 0.1) is 17.3 Å². The summed E-state index contributed by atoms with van der Waals surface area (Å²) in [4.78, 5) is 22.8. The monoisotopic (exact) mass is 302 g/mol. The van der Waals surface area contributed by atoms with Gasteiger partial charge >= 0.3 is 5.97 Å². The topological polar surface area (TPSA) is 67.8 Å². The van der Waals surface area contributed by atoms with Crippen LogP contribution < -0.4 is 5.43 Å². The van der Waals surface area contributed by atoms with Gasteiger partial charge in [-0.1, -0.05) is 23.2 Å². The molecule has 0 unspecified atom stereocenters. The molecule has 1 rings (SSSR count). The lowest BCUT2D eigenvalue weighted by atomic mass is 10.3. The number of nitrogens with zero attached hydrogens (tertiary/aromatic N) is 1. The Morgan fingerprint density at radius 2 is 2.05 bits per heavy atom. The van der Waals surface area contributed by atoms with E-state index in [-0.39, 0.29) is 12.3 Å². The van der Waals surface area contributed by atoms with Gasteiger partial charge in [0.15, 0.2) is 5.78 Å². The quantitative estimate of drug-likeness (QED) is 0.393. The van der Waals surface area contributed by atoms with E-state index < -0.39 is 11.8 Å². The summed E-state index contributed by atoms with van der Waals surface area (Å²) in [7, 11) is 0. The second-order valence-corrected chi connectivity index (χ2v) is 4.32. The molecule has 0 fully saturated rings. The van der Waals surface area contributed by atoms with Gasteiger partial charge in [-0.25, -0.2) is 4.79 Å². The first-order valence-electron chi connectivity index (χ1n) is 5.42. The lowest BCUT2D eigenvalue weighted by Crippen LogP contribution is -2.25. The summed E-state index contributed by atoms with van der Waals surface area (Å²) in [6.07, 6.45) is 0. The van der Waals surface area contributed by atoms with Crippen molar-refractivity contribution in [1.29, 1.82) is 0 Å². The molecule has 0 aliphatic rings. The first-order chi connectivity index (χ1) is 8.95. The van der Waals surface area contributed by atoms with Crippen molar-refractivity contribution in [1.82, 2.24) is 0 Å². The van der Waals surface area contributed by atoms with Crippen molar-refractivity contribution in [3.63, 3.8) is 0 Å². The highest BCUT2D eigenvalue weighted by atomic mass is 35.5. The van der Waals surface area contributed by atoms with Crippen molar-refractivity contribution in [3.8, 4) is 0 Å². The molecule has 5 nitrogen and oxygen atoms in total. The number of nitrogens with one attached hydrogen (secondary N) is 1. The summed E-state index contributed by atoms with van der Waals surface area (Å²) in [5.41, 5.74) is 2.64. The van der Waals surface area contributed by atoms with E-state index in [1.165, 1.54) is 13.0 Å². The number of hydrogen-bond acceptors (Lipinski definition) is 5. The number of ketones is 1. The molecule has 0 saturated heterocycles. The number of hydrogen-bond donors (Lipinski definition) is 1. The molecule has 0 aliphatic heterocycles. The second kappa shape index (κ2) is 7.11. The third-order valence-electron chi connectivity index (χ3n) is 2.02. The number of halogens is 2. The molecule has 0 saturated carbocycles.